The van der Waals surface area contributed by atoms with E-state index in [1.165, 1.54) is 0 Å². The van der Waals surface area contributed by atoms with E-state index in [-0.39, 0.29) is 23.7 Å². The number of nitrogens with zero attached hydrogens (tertiary/aromatic N) is 1. The Balaban J connectivity index is 1.30. The minimum atomic E-state index is -0.483. The molecule has 140 valence electrons. The van der Waals surface area contributed by atoms with Gasteiger partial charge in [-0.2, -0.15) is 0 Å². The summed E-state index contributed by atoms with van der Waals surface area (Å²) in [5, 5.41) is 3.56. The Morgan fingerprint density at radius 2 is 1.88 bits per heavy atom. The van der Waals surface area contributed by atoms with Gasteiger partial charge in [0.25, 0.3) is 0 Å². The number of amides is 2. The van der Waals surface area contributed by atoms with Gasteiger partial charge in [-0.05, 0) is 37.1 Å². The Hall–Kier alpha value is -1.63. The van der Waals surface area contributed by atoms with Gasteiger partial charge in [-0.1, -0.05) is 11.6 Å². The highest BCUT2D eigenvalue weighted by molar-refractivity contribution is 6.30. The van der Waals surface area contributed by atoms with Gasteiger partial charge >= 0.3 is 0 Å². The summed E-state index contributed by atoms with van der Waals surface area (Å²) >= 11 is 5.94. The number of hydrogen-bond acceptors (Lipinski definition) is 4. The van der Waals surface area contributed by atoms with Crippen molar-refractivity contribution in [3.8, 4) is 0 Å². The smallest absolute Gasteiger partial charge is 0.228 e. The van der Waals surface area contributed by atoms with Crippen molar-refractivity contribution in [1.29, 1.82) is 0 Å². The molecule has 2 unspecified atom stereocenters. The molecule has 0 aromatic heterocycles. The molecule has 3 fully saturated rings. The zero-order valence-corrected chi connectivity index (χ0v) is 15.6. The molecular weight excluding hydrogens is 356 g/mol. The van der Waals surface area contributed by atoms with Crippen molar-refractivity contribution in [2.24, 2.45) is 11.8 Å². The van der Waals surface area contributed by atoms with E-state index < -0.39 is 5.79 Å². The van der Waals surface area contributed by atoms with E-state index >= 15 is 0 Å². The summed E-state index contributed by atoms with van der Waals surface area (Å²) in [6, 6.07) is 5.35. The molecule has 1 N–H and O–H groups in total. The second-order valence-corrected chi connectivity index (χ2v) is 7.77. The second kappa shape index (κ2) is 6.83. The number of carbonyl (C=O) groups is 2. The fourth-order valence-electron chi connectivity index (χ4n) is 3.84. The molecule has 0 bridgehead atoms. The van der Waals surface area contributed by atoms with Crippen molar-refractivity contribution >= 4 is 29.1 Å². The molecule has 0 radical (unpaired) electrons. The Morgan fingerprint density at radius 1 is 1.19 bits per heavy atom. The molecule has 7 heteroatoms. The van der Waals surface area contributed by atoms with E-state index in [0.717, 1.165) is 11.3 Å². The van der Waals surface area contributed by atoms with Gasteiger partial charge in [-0.3, -0.25) is 9.59 Å². The zero-order valence-electron chi connectivity index (χ0n) is 14.8. The number of nitrogens with one attached hydrogen (secondary N) is 1. The van der Waals surface area contributed by atoms with Crippen molar-refractivity contribution in [1.82, 2.24) is 4.90 Å². The molecule has 2 heterocycles. The number of hydrogen-bond donors (Lipinski definition) is 1. The number of carbonyl (C=O) groups excluding carboxylic acids is 2. The van der Waals surface area contributed by atoms with Crippen LogP contribution in [0.4, 0.5) is 5.69 Å². The fraction of sp³-hybridized carbons (Fsp3) is 0.579. The summed E-state index contributed by atoms with van der Waals surface area (Å²) < 4.78 is 11.4. The maximum Gasteiger partial charge on any atom is 0.228 e. The molecule has 26 heavy (non-hydrogen) atoms. The molecule has 1 aromatic carbocycles. The third-order valence-electron chi connectivity index (χ3n) is 5.54. The lowest BCUT2D eigenvalue weighted by Gasteiger charge is -2.37. The second-order valence-electron chi connectivity index (χ2n) is 7.33. The number of aryl methyl sites for hydroxylation is 1. The highest BCUT2D eigenvalue weighted by atomic mass is 35.5. The van der Waals surface area contributed by atoms with Gasteiger partial charge in [0.1, 0.15) is 0 Å². The lowest BCUT2D eigenvalue weighted by Crippen LogP contribution is -2.48. The molecular formula is C19H23ClN2O4. The molecule has 1 aromatic rings. The minimum Gasteiger partial charge on any atom is -0.347 e. The van der Waals surface area contributed by atoms with Crippen molar-refractivity contribution in [3.63, 3.8) is 0 Å². The predicted molar refractivity (Wildman–Crippen MR) is 96.9 cm³/mol. The summed E-state index contributed by atoms with van der Waals surface area (Å²) in [5.41, 5.74) is 1.65. The Kier molecular flexibility index (Phi) is 4.67. The van der Waals surface area contributed by atoms with Crippen LogP contribution in [0, 0.1) is 18.8 Å². The van der Waals surface area contributed by atoms with Crippen molar-refractivity contribution < 1.29 is 19.1 Å². The first-order valence-electron chi connectivity index (χ1n) is 9.11. The van der Waals surface area contributed by atoms with E-state index in [2.05, 4.69) is 5.32 Å². The average molecular weight is 379 g/mol. The largest absolute Gasteiger partial charge is 0.347 e. The number of rotatable bonds is 3. The van der Waals surface area contributed by atoms with Gasteiger partial charge in [0, 0.05) is 36.6 Å². The lowest BCUT2D eigenvalue weighted by atomic mass is 10.0. The summed E-state index contributed by atoms with van der Waals surface area (Å²) in [6.07, 6.45) is 2.02. The SMILES string of the molecule is Cc1cc(Cl)ccc1NC(=O)C1CC1C(=O)N1CCC2(CC1)OCCO2. The van der Waals surface area contributed by atoms with Gasteiger partial charge in [0.2, 0.25) is 11.8 Å². The summed E-state index contributed by atoms with van der Waals surface area (Å²) in [6.45, 7) is 4.40. The van der Waals surface area contributed by atoms with Gasteiger partial charge in [0.05, 0.1) is 25.0 Å². The van der Waals surface area contributed by atoms with Crippen LogP contribution in [0.25, 0.3) is 0 Å². The lowest BCUT2D eigenvalue weighted by molar-refractivity contribution is -0.187. The van der Waals surface area contributed by atoms with Crippen LogP contribution in [0.15, 0.2) is 18.2 Å². The van der Waals surface area contributed by atoms with E-state index in [4.69, 9.17) is 21.1 Å². The predicted octanol–water partition coefficient (Wildman–Crippen LogP) is 2.59. The quantitative estimate of drug-likeness (QED) is 0.877. The van der Waals surface area contributed by atoms with Crippen LogP contribution >= 0.6 is 11.6 Å². The number of ether oxygens (including phenoxy) is 2. The number of halogens is 1. The molecule has 1 saturated carbocycles. The van der Waals surface area contributed by atoms with Crippen LogP contribution in [-0.4, -0.2) is 48.8 Å². The molecule has 4 rings (SSSR count). The van der Waals surface area contributed by atoms with Crippen LogP contribution in [0.1, 0.15) is 24.8 Å². The Morgan fingerprint density at radius 3 is 2.54 bits per heavy atom. The van der Waals surface area contributed by atoms with Crippen molar-refractivity contribution in [2.45, 2.75) is 32.0 Å². The third-order valence-corrected chi connectivity index (χ3v) is 5.78. The number of anilines is 1. The Bertz CT molecular complexity index is 722. The molecule has 2 atom stereocenters. The highest BCUT2D eigenvalue weighted by Crippen LogP contribution is 2.42. The molecule has 1 aliphatic carbocycles. The Labute approximate surface area is 157 Å². The molecule has 2 aliphatic heterocycles. The molecule has 3 aliphatic rings. The van der Waals surface area contributed by atoms with Crippen molar-refractivity contribution in [3.05, 3.63) is 28.8 Å². The molecule has 6 nitrogen and oxygen atoms in total. The maximum absolute atomic E-state index is 12.7. The zero-order chi connectivity index (χ0) is 18.3. The number of piperidine rings is 1. The standard InChI is InChI=1S/C19H23ClN2O4/c1-12-10-13(20)2-3-16(12)21-17(23)14-11-15(14)18(24)22-6-4-19(5-7-22)25-8-9-26-19/h2-3,10,14-15H,4-9,11H2,1H3,(H,21,23). The van der Waals surface area contributed by atoms with Crippen LogP contribution in [0.2, 0.25) is 5.02 Å². The first kappa shape index (κ1) is 17.8. The van der Waals surface area contributed by atoms with Crippen LogP contribution in [-0.2, 0) is 19.1 Å². The molecule has 2 amide bonds. The molecule has 2 saturated heterocycles. The van der Waals surface area contributed by atoms with Gasteiger partial charge < -0.3 is 19.7 Å². The first-order valence-corrected chi connectivity index (χ1v) is 9.49. The van der Waals surface area contributed by atoms with E-state index in [0.29, 0.717) is 50.6 Å². The van der Waals surface area contributed by atoms with Crippen molar-refractivity contribution in [2.75, 3.05) is 31.6 Å². The monoisotopic (exact) mass is 378 g/mol. The minimum absolute atomic E-state index is 0.0748. The normalized spacial score (nSPS) is 26.8. The van der Waals surface area contributed by atoms with Gasteiger partial charge in [-0.25, -0.2) is 0 Å². The average Bonchev–Trinajstić information content (AvgIpc) is 3.31. The third kappa shape index (κ3) is 3.46. The van der Waals surface area contributed by atoms with Crippen LogP contribution in [0.5, 0.6) is 0 Å². The summed E-state index contributed by atoms with van der Waals surface area (Å²) in [5.74, 6) is -0.950. The maximum atomic E-state index is 12.7. The van der Waals surface area contributed by atoms with E-state index in [1.807, 2.05) is 17.9 Å². The summed E-state index contributed by atoms with van der Waals surface area (Å²) in [7, 11) is 0. The van der Waals surface area contributed by atoms with E-state index in [1.54, 1.807) is 12.1 Å². The van der Waals surface area contributed by atoms with Crippen LogP contribution in [0.3, 0.4) is 0 Å². The van der Waals surface area contributed by atoms with Crippen LogP contribution < -0.4 is 5.32 Å². The number of benzene rings is 1. The molecule has 1 spiro atoms. The fourth-order valence-corrected chi connectivity index (χ4v) is 4.07. The number of likely N-dealkylation sites (tertiary alicyclic amines) is 1. The topological polar surface area (TPSA) is 67.9 Å². The summed E-state index contributed by atoms with van der Waals surface area (Å²) in [4.78, 5) is 27.0. The van der Waals surface area contributed by atoms with Gasteiger partial charge in [0.15, 0.2) is 5.79 Å². The van der Waals surface area contributed by atoms with Gasteiger partial charge in [-0.15, -0.1) is 0 Å². The van der Waals surface area contributed by atoms with E-state index in [9.17, 15) is 9.59 Å². The highest BCUT2D eigenvalue weighted by Gasteiger charge is 2.51. The first-order chi connectivity index (χ1) is 12.5.